The summed E-state index contributed by atoms with van der Waals surface area (Å²) in [6.45, 7) is 1.06. The molecule has 2 rings (SSSR count). The van der Waals surface area contributed by atoms with Crippen molar-refractivity contribution < 1.29 is 14.3 Å². The Morgan fingerprint density at radius 2 is 2.10 bits per heavy atom. The normalized spacial score (nSPS) is 23.4. The first-order valence-electron chi connectivity index (χ1n) is 6.82. The number of aliphatic hydroxyl groups is 1. The van der Waals surface area contributed by atoms with E-state index in [9.17, 15) is 14.3 Å². The molecule has 1 aliphatic rings. The molecule has 1 saturated heterocycles. The van der Waals surface area contributed by atoms with E-state index in [0.717, 1.165) is 6.42 Å². The van der Waals surface area contributed by atoms with E-state index in [2.05, 4.69) is 0 Å². The molecule has 1 heterocycles. The van der Waals surface area contributed by atoms with Gasteiger partial charge < -0.3 is 14.9 Å². The fourth-order valence-corrected chi connectivity index (χ4v) is 2.72. The lowest BCUT2D eigenvalue weighted by Crippen LogP contribution is -2.57. The minimum Gasteiger partial charge on any atom is -0.379 e. The number of amides is 1. The molecule has 20 heavy (non-hydrogen) atoms. The number of benzene rings is 1. The van der Waals surface area contributed by atoms with Crippen molar-refractivity contribution in [2.24, 2.45) is 0 Å². The van der Waals surface area contributed by atoms with Gasteiger partial charge in [0.15, 0.2) is 5.60 Å². The predicted molar refractivity (Wildman–Crippen MR) is 74.6 cm³/mol. The second-order valence-electron chi connectivity index (χ2n) is 5.69. The zero-order chi connectivity index (χ0) is 14.8. The van der Waals surface area contributed by atoms with Gasteiger partial charge in [-0.2, -0.15) is 0 Å². The lowest BCUT2D eigenvalue weighted by Gasteiger charge is -2.39. The molecule has 1 aliphatic heterocycles. The third kappa shape index (κ3) is 3.16. The van der Waals surface area contributed by atoms with Crippen LogP contribution in [0.15, 0.2) is 24.3 Å². The molecule has 0 aliphatic carbocycles. The summed E-state index contributed by atoms with van der Waals surface area (Å²) in [5, 5.41) is 10.5. The molecule has 1 fully saturated rings. The standard InChI is InChI=1S/C15H21FN2O2/c1-17(2)11-15(20)8-5-9-18(14(15)19)10-12-6-3-4-7-13(12)16/h3-4,6-7,20H,5,8-11H2,1-2H3. The summed E-state index contributed by atoms with van der Waals surface area (Å²) in [5.74, 6) is -0.622. The highest BCUT2D eigenvalue weighted by Gasteiger charge is 2.42. The van der Waals surface area contributed by atoms with Gasteiger partial charge in [-0.3, -0.25) is 4.79 Å². The molecule has 0 spiro atoms. The van der Waals surface area contributed by atoms with Crippen molar-refractivity contribution in [1.29, 1.82) is 0 Å². The van der Waals surface area contributed by atoms with Crippen LogP contribution in [0.2, 0.25) is 0 Å². The maximum atomic E-state index is 13.7. The Bertz CT molecular complexity index is 493. The zero-order valence-electron chi connectivity index (χ0n) is 12.0. The fraction of sp³-hybridized carbons (Fsp3) is 0.533. The number of nitrogens with zero attached hydrogens (tertiary/aromatic N) is 2. The minimum absolute atomic E-state index is 0.210. The van der Waals surface area contributed by atoms with E-state index in [1.54, 1.807) is 28.0 Å². The molecule has 1 unspecified atom stereocenters. The highest BCUT2D eigenvalue weighted by molar-refractivity contribution is 5.86. The minimum atomic E-state index is -1.35. The third-order valence-electron chi connectivity index (χ3n) is 3.60. The number of carbonyl (C=O) groups excluding carboxylic acids is 1. The van der Waals surface area contributed by atoms with Crippen LogP contribution in [0.3, 0.4) is 0 Å². The number of rotatable bonds is 4. The van der Waals surface area contributed by atoms with Gasteiger partial charge in [0.2, 0.25) is 0 Å². The van der Waals surface area contributed by atoms with E-state index in [-0.39, 0.29) is 18.3 Å². The molecule has 110 valence electrons. The molecule has 0 aromatic heterocycles. The van der Waals surface area contributed by atoms with Gasteiger partial charge in [0.05, 0.1) is 0 Å². The average Bonchev–Trinajstić information content (AvgIpc) is 2.37. The number of carbonyl (C=O) groups is 1. The number of likely N-dealkylation sites (tertiary alicyclic amines) is 1. The Morgan fingerprint density at radius 3 is 2.75 bits per heavy atom. The van der Waals surface area contributed by atoms with Crippen LogP contribution in [-0.2, 0) is 11.3 Å². The van der Waals surface area contributed by atoms with Crippen molar-refractivity contribution >= 4 is 5.91 Å². The van der Waals surface area contributed by atoms with Crippen LogP contribution in [0, 0.1) is 5.82 Å². The maximum absolute atomic E-state index is 13.7. The quantitative estimate of drug-likeness (QED) is 0.902. The van der Waals surface area contributed by atoms with E-state index >= 15 is 0 Å². The first-order chi connectivity index (χ1) is 9.42. The molecule has 1 aromatic carbocycles. The predicted octanol–water partition coefficient (Wildman–Crippen LogP) is 1.24. The van der Waals surface area contributed by atoms with Crippen LogP contribution in [0.1, 0.15) is 18.4 Å². The lowest BCUT2D eigenvalue weighted by atomic mass is 9.91. The molecular formula is C15H21FN2O2. The first-order valence-corrected chi connectivity index (χ1v) is 6.82. The van der Waals surface area contributed by atoms with Crippen molar-refractivity contribution in [2.75, 3.05) is 27.2 Å². The van der Waals surface area contributed by atoms with Gasteiger partial charge in [0, 0.05) is 25.2 Å². The van der Waals surface area contributed by atoms with Gasteiger partial charge in [-0.25, -0.2) is 4.39 Å². The molecular weight excluding hydrogens is 259 g/mol. The summed E-state index contributed by atoms with van der Waals surface area (Å²) in [6, 6.07) is 6.43. The molecule has 1 N–H and O–H groups in total. The van der Waals surface area contributed by atoms with Gasteiger partial charge in [-0.05, 0) is 33.0 Å². The summed E-state index contributed by atoms with van der Waals surface area (Å²) >= 11 is 0. The van der Waals surface area contributed by atoms with Crippen LogP contribution >= 0.6 is 0 Å². The van der Waals surface area contributed by atoms with Gasteiger partial charge in [-0.1, -0.05) is 18.2 Å². The topological polar surface area (TPSA) is 43.8 Å². The highest BCUT2D eigenvalue weighted by Crippen LogP contribution is 2.25. The monoisotopic (exact) mass is 280 g/mol. The summed E-state index contributed by atoms with van der Waals surface area (Å²) in [6.07, 6.45) is 1.18. The largest absolute Gasteiger partial charge is 0.379 e. The van der Waals surface area contributed by atoms with E-state index < -0.39 is 5.60 Å². The lowest BCUT2D eigenvalue weighted by molar-refractivity contribution is -0.159. The maximum Gasteiger partial charge on any atom is 0.256 e. The van der Waals surface area contributed by atoms with Crippen LogP contribution in [-0.4, -0.2) is 53.6 Å². The Hall–Kier alpha value is -1.46. The van der Waals surface area contributed by atoms with Crippen LogP contribution < -0.4 is 0 Å². The van der Waals surface area contributed by atoms with Gasteiger partial charge in [-0.15, -0.1) is 0 Å². The van der Waals surface area contributed by atoms with E-state index in [0.29, 0.717) is 25.1 Å². The highest BCUT2D eigenvalue weighted by atomic mass is 19.1. The molecule has 0 saturated carbocycles. The third-order valence-corrected chi connectivity index (χ3v) is 3.60. The smallest absolute Gasteiger partial charge is 0.256 e. The Kier molecular flexibility index (Phi) is 4.40. The molecule has 1 aromatic rings. The molecule has 5 heteroatoms. The molecule has 0 bridgehead atoms. The van der Waals surface area contributed by atoms with Crippen LogP contribution in [0.5, 0.6) is 0 Å². The zero-order valence-corrected chi connectivity index (χ0v) is 12.0. The second kappa shape index (κ2) is 5.89. The van der Waals surface area contributed by atoms with Crippen molar-refractivity contribution in [3.05, 3.63) is 35.6 Å². The van der Waals surface area contributed by atoms with Crippen molar-refractivity contribution in [3.63, 3.8) is 0 Å². The second-order valence-corrected chi connectivity index (χ2v) is 5.69. The average molecular weight is 280 g/mol. The first kappa shape index (κ1) is 14.9. The number of likely N-dealkylation sites (N-methyl/N-ethyl adjacent to an activating group) is 1. The van der Waals surface area contributed by atoms with Gasteiger partial charge in [0.1, 0.15) is 5.82 Å². The van der Waals surface area contributed by atoms with Crippen LogP contribution in [0.25, 0.3) is 0 Å². The summed E-state index contributed by atoms with van der Waals surface area (Å²) in [7, 11) is 3.64. The van der Waals surface area contributed by atoms with Gasteiger partial charge >= 0.3 is 0 Å². The van der Waals surface area contributed by atoms with Crippen molar-refractivity contribution in [3.8, 4) is 0 Å². The number of halogens is 1. The Balaban J connectivity index is 2.13. The van der Waals surface area contributed by atoms with Crippen molar-refractivity contribution in [2.45, 2.75) is 25.0 Å². The van der Waals surface area contributed by atoms with E-state index in [4.69, 9.17) is 0 Å². The van der Waals surface area contributed by atoms with E-state index in [1.807, 2.05) is 14.1 Å². The number of hydrogen-bond acceptors (Lipinski definition) is 3. The molecule has 1 atom stereocenters. The Labute approximate surface area is 118 Å². The molecule has 1 amide bonds. The molecule has 0 radical (unpaired) electrons. The molecule has 4 nitrogen and oxygen atoms in total. The van der Waals surface area contributed by atoms with E-state index in [1.165, 1.54) is 6.07 Å². The number of hydrogen-bond donors (Lipinski definition) is 1. The van der Waals surface area contributed by atoms with Gasteiger partial charge in [0.25, 0.3) is 5.91 Å². The number of piperidine rings is 1. The summed E-state index contributed by atoms with van der Waals surface area (Å²) in [5.41, 5.74) is -0.873. The van der Waals surface area contributed by atoms with Crippen molar-refractivity contribution in [1.82, 2.24) is 9.80 Å². The fourth-order valence-electron chi connectivity index (χ4n) is 2.72. The Morgan fingerprint density at radius 1 is 1.40 bits per heavy atom. The summed E-state index contributed by atoms with van der Waals surface area (Å²) in [4.78, 5) is 15.8. The summed E-state index contributed by atoms with van der Waals surface area (Å²) < 4.78 is 13.7. The SMILES string of the molecule is CN(C)CC1(O)CCCN(Cc2ccccc2F)C1=O. The van der Waals surface area contributed by atoms with Crippen LogP contribution in [0.4, 0.5) is 4.39 Å².